The minimum atomic E-state index is -0.616. The molecule has 1 spiro atoms. The molecule has 1 heterocycles. The van der Waals surface area contributed by atoms with E-state index in [1.54, 1.807) is 7.11 Å². The predicted octanol–water partition coefficient (Wildman–Crippen LogP) is 4.67. The molecule has 6 atom stereocenters. The molecule has 1 saturated heterocycles. The number of carbonyl (C=O) groups excluding carboxylic acids is 1. The van der Waals surface area contributed by atoms with Gasteiger partial charge in [0.05, 0.1) is 20.3 Å². The number of methoxy groups -OCH3 is 1. The third kappa shape index (κ3) is 1.90. The first-order valence-corrected chi connectivity index (χ1v) is 11.6. The lowest BCUT2D eigenvalue weighted by Crippen LogP contribution is -2.58. The van der Waals surface area contributed by atoms with Crippen molar-refractivity contribution in [3.63, 3.8) is 0 Å². The van der Waals surface area contributed by atoms with Crippen LogP contribution in [0.5, 0.6) is 5.75 Å². The van der Waals surface area contributed by atoms with Gasteiger partial charge in [0.15, 0.2) is 5.79 Å². The number of rotatable bonds is 2. The van der Waals surface area contributed by atoms with Crippen molar-refractivity contribution in [1.82, 2.24) is 0 Å². The fraction of sp³-hybridized carbons (Fsp3) is 0.654. The molecule has 4 fully saturated rings. The lowest BCUT2D eigenvalue weighted by Gasteiger charge is -2.53. The van der Waals surface area contributed by atoms with Crippen molar-refractivity contribution in [2.75, 3.05) is 20.3 Å². The lowest BCUT2D eigenvalue weighted by molar-refractivity contribution is -0.248. The van der Waals surface area contributed by atoms with Crippen LogP contribution in [0.1, 0.15) is 51.5 Å². The van der Waals surface area contributed by atoms with Crippen LogP contribution in [-0.2, 0) is 19.7 Å². The van der Waals surface area contributed by atoms with E-state index in [0.29, 0.717) is 25.4 Å². The molecule has 0 N–H and O–H groups in total. The summed E-state index contributed by atoms with van der Waals surface area (Å²) in [4.78, 5) is 14.0. The predicted molar refractivity (Wildman–Crippen MR) is 113 cm³/mol. The van der Waals surface area contributed by atoms with Gasteiger partial charge >= 0.3 is 0 Å². The van der Waals surface area contributed by atoms with Crippen LogP contribution >= 0.6 is 0 Å². The van der Waals surface area contributed by atoms with Crippen molar-refractivity contribution in [2.24, 2.45) is 28.6 Å². The van der Waals surface area contributed by atoms with Crippen LogP contribution < -0.4 is 4.74 Å². The molecule has 5 aliphatic rings. The molecule has 4 heteroatoms. The van der Waals surface area contributed by atoms with Crippen LogP contribution in [0.15, 0.2) is 36.4 Å². The van der Waals surface area contributed by atoms with Crippen molar-refractivity contribution < 1.29 is 19.0 Å². The molecule has 1 aliphatic heterocycles. The summed E-state index contributed by atoms with van der Waals surface area (Å²) in [5.74, 6) is 0.591. The van der Waals surface area contributed by atoms with Crippen LogP contribution in [0.2, 0.25) is 0 Å². The third-order valence-corrected chi connectivity index (χ3v) is 9.68. The van der Waals surface area contributed by atoms with Gasteiger partial charge in [-0.15, -0.1) is 0 Å². The Balaban J connectivity index is 1.62. The van der Waals surface area contributed by atoms with E-state index in [4.69, 9.17) is 14.2 Å². The third-order valence-electron chi connectivity index (χ3n) is 9.68. The minimum absolute atomic E-state index is 0.00972. The van der Waals surface area contributed by atoms with Gasteiger partial charge in [-0.05, 0) is 36.0 Å². The quantitative estimate of drug-likeness (QED) is 0.667. The number of Topliss-reactive ketones (excluding diaryl/α,β-unsaturated/α-hetero) is 1. The Hall–Kier alpha value is -1.65. The number of benzene rings is 1. The Kier molecular flexibility index (Phi) is 3.80. The zero-order chi connectivity index (χ0) is 20.8. The Labute approximate surface area is 179 Å². The molecule has 3 saturated carbocycles. The van der Waals surface area contributed by atoms with Gasteiger partial charge < -0.3 is 14.2 Å². The number of ketones is 1. The summed E-state index contributed by atoms with van der Waals surface area (Å²) in [5.41, 5.74) is 0.882. The van der Waals surface area contributed by atoms with Crippen LogP contribution in [0.3, 0.4) is 0 Å². The van der Waals surface area contributed by atoms with Gasteiger partial charge in [-0.25, -0.2) is 0 Å². The molecule has 2 bridgehead atoms. The van der Waals surface area contributed by atoms with Gasteiger partial charge in [-0.2, -0.15) is 0 Å². The van der Waals surface area contributed by atoms with Gasteiger partial charge in [0.1, 0.15) is 11.5 Å². The maximum absolute atomic E-state index is 14.0. The van der Waals surface area contributed by atoms with Gasteiger partial charge in [0.2, 0.25) is 0 Å². The Morgan fingerprint density at radius 1 is 1.03 bits per heavy atom. The molecule has 4 nitrogen and oxygen atoms in total. The summed E-state index contributed by atoms with van der Waals surface area (Å²) < 4.78 is 18.3. The highest BCUT2D eigenvalue weighted by atomic mass is 16.7. The number of carbonyl (C=O) groups is 1. The second-order valence-corrected chi connectivity index (χ2v) is 10.5. The van der Waals surface area contributed by atoms with E-state index in [1.165, 1.54) is 18.4 Å². The summed E-state index contributed by atoms with van der Waals surface area (Å²) in [6, 6.07) is 8.48. The average molecular weight is 409 g/mol. The summed E-state index contributed by atoms with van der Waals surface area (Å²) in [6.07, 6.45) is 10.3. The van der Waals surface area contributed by atoms with Crippen LogP contribution in [0.4, 0.5) is 0 Å². The molecule has 30 heavy (non-hydrogen) atoms. The maximum Gasteiger partial charge on any atom is 0.173 e. The summed E-state index contributed by atoms with van der Waals surface area (Å²) in [7, 11) is 1.70. The van der Waals surface area contributed by atoms with E-state index in [1.807, 2.05) is 12.1 Å². The van der Waals surface area contributed by atoms with E-state index in [-0.39, 0.29) is 34.0 Å². The molecule has 6 rings (SSSR count). The largest absolute Gasteiger partial charge is 0.497 e. The van der Waals surface area contributed by atoms with Gasteiger partial charge in [-0.3, -0.25) is 4.79 Å². The smallest absolute Gasteiger partial charge is 0.173 e. The molecular weight excluding hydrogens is 376 g/mol. The second-order valence-electron chi connectivity index (χ2n) is 10.5. The first-order valence-electron chi connectivity index (χ1n) is 11.6. The zero-order valence-electron chi connectivity index (χ0n) is 18.3. The van der Waals surface area contributed by atoms with Crippen LogP contribution in [0, 0.1) is 28.6 Å². The monoisotopic (exact) mass is 408 g/mol. The van der Waals surface area contributed by atoms with Gasteiger partial charge in [0, 0.05) is 35.0 Å². The first-order chi connectivity index (χ1) is 14.4. The molecule has 1 aromatic carbocycles. The SMILES string of the molecule is COc1ccc([C@@]23C=C[C@]4(CCCC[C@@]42C)[C@@H]2[C@H]3C(=O)[C@@H](C)CC23OCCO3)cc1. The number of hydrogen-bond acceptors (Lipinski definition) is 4. The highest BCUT2D eigenvalue weighted by Gasteiger charge is 2.82. The molecule has 160 valence electrons. The molecule has 0 unspecified atom stereocenters. The normalized spacial score (nSPS) is 45.6. The average Bonchev–Trinajstić information content (AvgIpc) is 3.38. The fourth-order valence-corrected chi connectivity index (χ4v) is 8.56. The van der Waals surface area contributed by atoms with Crippen molar-refractivity contribution in [1.29, 1.82) is 0 Å². The molecule has 1 aromatic rings. The van der Waals surface area contributed by atoms with Gasteiger partial charge in [0.25, 0.3) is 0 Å². The van der Waals surface area contributed by atoms with E-state index < -0.39 is 5.79 Å². The number of allylic oxidation sites excluding steroid dienone is 2. The van der Waals surface area contributed by atoms with Crippen LogP contribution in [-0.4, -0.2) is 31.9 Å². The van der Waals surface area contributed by atoms with Gasteiger partial charge in [-0.1, -0.05) is 51.0 Å². The molecule has 0 radical (unpaired) electrons. The van der Waals surface area contributed by atoms with Crippen molar-refractivity contribution in [3.8, 4) is 5.75 Å². The number of fused-ring (bicyclic) bond motifs is 3. The second kappa shape index (κ2) is 5.98. The summed E-state index contributed by atoms with van der Waals surface area (Å²) in [6.45, 7) is 5.80. The Morgan fingerprint density at radius 3 is 2.43 bits per heavy atom. The van der Waals surface area contributed by atoms with E-state index >= 15 is 0 Å². The molecule has 0 aromatic heterocycles. The Bertz CT molecular complexity index is 913. The van der Waals surface area contributed by atoms with E-state index in [0.717, 1.165) is 18.6 Å². The van der Waals surface area contributed by atoms with Crippen LogP contribution in [0.25, 0.3) is 0 Å². The number of ether oxygens (including phenoxy) is 3. The van der Waals surface area contributed by atoms with Crippen molar-refractivity contribution >= 4 is 5.78 Å². The van der Waals surface area contributed by atoms with E-state index in [9.17, 15) is 4.79 Å². The maximum atomic E-state index is 14.0. The summed E-state index contributed by atoms with van der Waals surface area (Å²) >= 11 is 0. The summed E-state index contributed by atoms with van der Waals surface area (Å²) in [5, 5.41) is 0. The highest BCUT2D eigenvalue weighted by molar-refractivity contribution is 5.89. The fourth-order valence-electron chi connectivity index (χ4n) is 8.56. The minimum Gasteiger partial charge on any atom is -0.497 e. The van der Waals surface area contributed by atoms with Crippen molar-refractivity contribution in [2.45, 2.75) is 57.2 Å². The number of hydrogen-bond donors (Lipinski definition) is 0. The van der Waals surface area contributed by atoms with E-state index in [2.05, 4.69) is 38.1 Å². The topological polar surface area (TPSA) is 44.8 Å². The van der Waals surface area contributed by atoms with Crippen molar-refractivity contribution in [3.05, 3.63) is 42.0 Å². The molecule has 0 amide bonds. The first kappa shape index (κ1) is 19.1. The lowest BCUT2D eigenvalue weighted by atomic mass is 9.52. The standard InChI is InChI=1S/C26H32O4/c1-17-16-26(29-14-15-30-26)22-20(21(17)27)25(18-6-8-19(28-3)9-7-18)13-12-24(22)11-5-4-10-23(24,25)2/h6-9,12-13,17,20,22H,4-5,10-11,14-16H2,1-3H3/t17-,20+,22-,23-,24+,25+/m0/s1. The zero-order valence-corrected chi connectivity index (χ0v) is 18.3. The molecular formula is C26H32O4. The Morgan fingerprint density at radius 2 is 1.73 bits per heavy atom. The highest BCUT2D eigenvalue weighted by Crippen LogP contribution is 2.81. The molecule has 4 aliphatic carbocycles.